The molecule has 1 heterocycles. The zero-order chi connectivity index (χ0) is 13.8. The fourth-order valence-corrected chi connectivity index (χ4v) is 2.34. The van der Waals surface area contributed by atoms with E-state index in [2.05, 4.69) is 30.8 Å². The molecule has 0 saturated carbocycles. The van der Waals surface area contributed by atoms with Crippen LogP contribution in [0.15, 0.2) is 12.4 Å². The third-order valence-electron chi connectivity index (χ3n) is 3.46. The van der Waals surface area contributed by atoms with Gasteiger partial charge in [0.1, 0.15) is 0 Å². The highest BCUT2D eigenvalue weighted by molar-refractivity contribution is 6.02. The fraction of sp³-hybridized carbons (Fsp3) is 0.714. The summed E-state index contributed by atoms with van der Waals surface area (Å²) in [6.07, 6.45) is 4.56. The minimum Gasteiger partial charge on any atom is -0.292 e. The predicted molar refractivity (Wildman–Crippen MR) is 73.8 cm³/mol. The van der Waals surface area contributed by atoms with Crippen LogP contribution in [0.3, 0.4) is 0 Å². The molecule has 1 rings (SSSR count). The van der Waals surface area contributed by atoms with Gasteiger partial charge >= 0.3 is 0 Å². The summed E-state index contributed by atoms with van der Waals surface area (Å²) in [4.78, 5) is 14.7. The summed E-state index contributed by atoms with van der Waals surface area (Å²) in [7, 11) is 0. The van der Waals surface area contributed by atoms with Gasteiger partial charge in [-0.15, -0.1) is 0 Å². The molecule has 0 unspecified atom stereocenters. The van der Waals surface area contributed by atoms with Gasteiger partial charge in [-0.1, -0.05) is 20.8 Å². The molecule has 0 radical (unpaired) electrons. The van der Waals surface area contributed by atoms with E-state index in [1.54, 1.807) is 6.20 Å². The van der Waals surface area contributed by atoms with Crippen molar-refractivity contribution >= 4 is 5.78 Å². The van der Waals surface area contributed by atoms with Crippen molar-refractivity contribution in [2.75, 3.05) is 13.1 Å². The molecule has 0 aliphatic carbocycles. The molecule has 102 valence electrons. The molecular formula is C14H25N3O. The Morgan fingerprint density at radius 2 is 1.94 bits per heavy atom. The molecule has 0 aromatic carbocycles. The maximum Gasteiger partial charge on any atom is 0.185 e. The summed E-state index contributed by atoms with van der Waals surface area (Å²) in [6, 6.07) is 0. The summed E-state index contributed by atoms with van der Waals surface area (Å²) >= 11 is 0. The zero-order valence-electron chi connectivity index (χ0n) is 12.2. The molecule has 0 N–H and O–H groups in total. The molecule has 0 amide bonds. The van der Waals surface area contributed by atoms with Gasteiger partial charge in [-0.25, -0.2) is 0 Å². The first-order chi connectivity index (χ1) is 8.47. The van der Waals surface area contributed by atoms with Crippen LogP contribution in [0.25, 0.3) is 0 Å². The van der Waals surface area contributed by atoms with E-state index >= 15 is 0 Å². The van der Waals surface area contributed by atoms with E-state index in [0.717, 1.165) is 26.1 Å². The van der Waals surface area contributed by atoms with Crippen molar-refractivity contribution in [2.24, 2.45) is 0 Å². The Balaban J connectivity index is 2.90. The van der Waals surface area contributed by atoms with Gasteiger partial charge in [0.25, 0.3) is 0 Å². The summed E-state index contributed by atoms with van der Waals surface area (Å²) in [5, 5.41) is 4.23. The molecule has 4 nitrogen and oxygen atoms in total. The van der Waals surface area contributed by atoms with Gasteiger partial charge in [-0.3, -0.25) is 14.4 Å². The van der Waals surface area contributed by atoms with Crippen LogP contribution >= 0.6 is 0 Å². The summed E-state index contributed by atoms with van der Waals surface area (Å²) in [6.45, 7) is 12.8. The minimum atomic E-state index is -0.469. The number of hydrogen-bond donors (Lipinski definition) is 0. The molecule has 0 aliphatic rings. The van der Waals surface area contributed by atoms with E-state index in [-0.39, 0.29) is 5.78 Å². The maximum atomic E-state index is 12.5. The van der Waals surface area contributed by atoms with E-state index in [0.29, 0.717) is 5.56 Å². The van der Waals surface area contributed by atoms with Crippen molar-refractivity contribution in [3.05, 3.63) is 18.0 Å². The number of likely N-dealkylation sites (N-methyl/N-ethyl adjacent to an activating group) is 1. The molecule has 0 bridgehead atoms. The average Bonchev–Trinajstić information content (AvgIpc) is 2.78. The normalized spacial score (nSPS) is 12.1. The molecule has 0 saturated heterocycles. The lowest BCUT2D eigenvalue weighted by Gasteiger charge is -2.35. The van der Waals surface area contributed by atoms with E-state index in [9.17, 15) is 4.79 Å². The third kappa shape index (κ3) is 2.99. The van der Waals surface area contributed by atoms with Crippen LogP contribution in [-0.4, -0.2) is 39.1 Å². The molecule has 4 heteroatoms. The lowest BCUT2D eigenvalue weighted by Crippen LogP contribution is -2.49. The number of rotatable bonds is 7. The molecular weight excluding hydrogens is 226 g/mol. The molecule has 0 spiro atoms. The standard InChI is InChI=1S/C14H25N3O/c1-6-9-17-11-12(10-15-17)13(18)14(4,5)16(7-2)8-3/h10-11H,6-9H2,1-5H3. The highest BCUT2D eigenvalue weighted by Crippen LogP contribution is 2.20. The quantitative estimate of drug-likeness (QED) is 0.699. The first-order valence-electron chi connectivity index (χ1n) is 6.79. The first kappa shape index (κ1) is 14.9. The Kier molecular flexibility index (Phi) is 5.08. The number of carbonyl (C=O) groups excluding carboxylic acids is 1. The van der Waals surface area contributed by atoms with Crippen molar-refractivity contribution in [3.8, 4) is 0 Å². The third-order valence-corrected chi connectivity index (χ3v) is 3.46. The second-order valence-corrected chi connectivity index (χ2v) is 5.05. The number of ketones is 1. The Labute approximate surface area is 110 Å². The van der Waals surface area contributed by atoms with Gasteiger partial charge in [0.05, 0.1) is 17.3 Å². The monoisotopic (exact) mass is 251 g/mol. The van der Waals surface area contributed by atoms with Gasteiger partial charge in [-0.2, -0.15) is 5.10 Å². The SMILES string of the molecule is CCCn1cc(C(=O)C(C)(C)N(CC)CC)cn1. The fourth-order valence-electron chi connectivity index (χ4n) is 2.34. The van der Waals surface area contributed by atoms with Gasteiger partial charge in [0.15, 0.2) is 5.78 Å². The number of nitrogens with zero attached hydrogens (tertiary/aromatic N) is 3. The largest absolute Gasteiger partial charge is 0.292 e. The number of aromatic nitrogens is 2. The summed E-state index contributed by atoms with van der Waals surface area (Å²) in [5.74, 6) is 0.147. The predicted octanol–water partition coefficient (Wildman–Crippen LogP) is 2.60. The molecule has 0 atom stereocenters. The topological polar surface area (TPSA) is 38.1 Å². The van der Waals surface area contributed by atoms with Crippen LogP contribution in [-0.2, 0) is 6.54 Å². The second kappa shape index (κ2) is 6.14. The number of aryl methyl sites for hydroxylation is 1. The Bertz CT molecular complexity index is 391. The van der Waals surface area contributed by atoms with Crippen LogP contribution < -0.4 is 0 Å². The van der Waals surface area contributed by atoms with Crippen molar-refractivity contribution in [2.45, 2.75) is 53.1 Å². The van der Waals surface area contributed by atoms with E-state index < -0.39 is 5.54 Å². The van der Waals surface area contributed by atoms with Crippen LogP contribution in [0.1, 0.15) is 51.4 Å². The Morgan fingerprint density at radius 1 is 1.33 bits per heavy atom. The van der Waals surface area contributed by atoms with Crippen LogP contribution in [0, 0.1) is 0 Å². The molecule has 0 fully saturated rings. The van der Waals surface area contributed by atoms with Gasteiger partial charge in [0.2, 0.25) is 0 Å². The van der Waals surface area contributed by atoms with Crippen molar-refractivity contribution in [3.63, 3.8) is 0 Å². The maximum absolute atomic E-state index is 12.5. The van der Waals surface area contributed by atoms with E-state index in [1.165, 1.54) is 0 Å². The molecule has 1 aromatic heterocycles. The van der Waals surface area contributed by atoms with E-state index in [4.69, 9.17) is 0 Å². The molecule has 0 aliphatic heterocycles. The highest BCUT2D eigenvalue weighted by atomic mass is 16.1. The van der Waals surface area contributed by atoms with Gasteiger partial charge in [0, 0.05) is 12.7 Å². The van der Waals surface area contributed by atoms with Crippen molar-refractivity contribution in [1.82, 2.24) is 14.7 Å². The number of Topliss-reactive ketones (excluding diaryl/α,β-unsaturated/α-hetero) is 1. The Hall–Kier alpha value is -1.16. The van der Waals surface area contributed by atoms with Crippen LogP contribution in [0.2, 0.25) is 0 Å². The molecule has 1 aromatic rings. The average molecular weight is 251 g/mol. The van der Waals surface area contributed by atoms with E-state index in [1.807, 2.05) is 24.7 Å². The lowest BCUT2D eigenvalue weighted by atomic mass is 9.93. The number of hydrogen-bond acceptors (Lipinski definition) is 3. The van der Waals surface area contributed by atoms with Gasteiger partial charge in [-0.05, 0) is 33.4 Å². The Morgan fingerprint density at radius 3 is 2.44 bits per heavy atom. The van der Waals surface area contributed by atoms with Crippen molar-refractivity contribution in [1.29, 1.82) is 0 Å². The van der Waals surface area contributed by atoms with Crippen LogP contribution in [0.5, 0.6) is 0 Å². The minimum absolute atomic E-state index is 0.147. The van der Waals surface area contributed by atoms with Gasteiger partial charge < -0.3 is 0 Å². The first-order valence-corrected chi connectivity index (χ1v) is 6.79. The van der Waals surface area contributed by atoms with Crippen LogP contribution in [0.4, 0.5) is 0 Å². The molecule has 18 heavy (non-hydrogen) atoms. The summed E-state index contributed by atoms with van der Waals surface area (Å²) < 4.78 is 1.84. The van der Waals surface area contributed by atoms with Crippen molar-refractivity contribution < 1.29 is 4.79 Å². The smallest absolute Gasteiger partial charge is 0.185 e. The zero-order valence-corrected chi connectivity index (χ0v) is 12.2. The number of carbonyl (C=O) groups is 1. The second-order valence-electron chi connectivity index (χ2n) is 5.05. The summed E-state index contributed by atoms with van der Waals surface area (Å²) in [5.41, 5.74) is 0.240. The highest BCUT2D eigenvalue weighted by Gasteiger charge is 2.34. The lowest BCUT2D eigenvalue weighted by molar-refractivity contribution is 0.0668.